The van der Waals surface area contributed by atoms with E-state index in [1.165, 1.54) is 19.3 Å². The highest BCUT2D eigenvalue weighted by molar-refractivity contribution is 8.00. The molecule has 1 saturated carbocycles. The summed E-state index contributed by atoms with van der Waals surface area (Å²) in [6.45, 7) is 8.79. The van der Waals surface area contributed by atoms with Gasteiger partial charge in [0.25, 0.3) is 0 Å². The number of nitrogens with zero attached hydrogens (tertiary/aromatic N) is 1. The van der Waals surface area contributed by atoms with Crippen molar-refractivity contribution in [1.82, 2.24) is 5.32 Å². The van der Waals surface area contributed by atoms with Gasteiger partial charge in [-0.3, -0.25) is 5.32 Å². The monoisotopic (exact) mass is 254 g/mol. The van der Waals surface area contributed by atoms with Crippen LogP contribution in [0, 0.1) is 11.3 Å². The molecular weight excluding hydrogens is 228 g/mol. The molecule has 1 aliphatic rings. The van der Waals surface area contributed by atoms with Crippen LogP contribution < -0.4 is 5.32 Å². The van der Waals surface area contributed by atoms with E-state index >= 15 is 0 Å². The third-order valence-corrected chi connectivity index (χ3v) is 5.07. The highest BCUT2D eigenvalue weighted by Crippen LogP contribution is 2.37. The molecule has 0 aromatic heterocycles. The van der Waals surface area contributed by atoms with Gasteiger partial charge in [-0.25, -0.2) is 0 Å². The van der Waals surface area contributed by atoms with Crippen molar-refractivity contribution in [3.05, 3.63) is 0 Å². The van der Waals surface area contributed by atoms with Crippen LogP contribution in [0.1, 0.15) is 59.8 Å². The molecule has 1 N–H and O–H groups in total. The molecule has 0 aliphatic heterocycles. The van der Waals surface area contributed by atoms with Crippen LogP contribution in [0.15, 0.2) is 0 Å². The van der Waals surface area contributed by atoms with Gasteiger partial charge in [-0.2, -0.15) is 17.0 Å². The lowest BCUT2D eigenvalue weighted by atomic mass is 9.82. The lowest BCUT2D eigenvalue weighted by Crippen LogP contribution is -2.51. The Kier molecular flexibility index (Phi) is 5.82. The predicted molar refractivity (Wildman–Crippen MR) is 76.2 cm³/mol. The first kappa shape index (κ1) is 14.9. The van der Waals surface area contributed by atoms with Crippen molar-refractivity contribution in [3.63, 3.8) is 0 Å². The second-order valence-electron chi connectivity index (χ2n) is 5.57. The lowest BCUT2D eigenvalue weighted by molar-refractivity contribution is 0.284. The second kappa shape index (κ2) is 6.66. The summed E-state index contributed by atoms with van der Waals surface area (Å²) in [6, 6.07) is 2.94. The third-order valence-electron chi connectivity index (χ3n) is 3.48. The Morgan fingerprint density at radius 3 is 2.71 bits per heavy atom. The summed E-state index contributed by atoms with van der Waals surface area (Å²) >= 11 is 2.07. The minimum Gasteiger partial charge on any atom is -0.297 e. The largest absolute Gasteiger partial charge is 0.297 e. The molecule has 0 aromatic rings. The normalized spacial score (nSPS) is 31.2. The van der Waals surface area contributed by atoms with Crippen LogP contribution in [-0.4, -0.2) is 22.1 Å². The Bertz CT molecular complexity index is 272. The fourth-order valence-corrected chi connectivity index (χ4v) is 4.12. The molecule has 0 bridgehead atoms. The summed E-state index contributed by atoms with van der Waals surface area (Å²) in [4.78, 5) is 0. The van der Waals surface area contributed by atoms with Crippen LogP contribution in [0.3, 0.4) is 0 Å². The third kappa shape index (κ3) is 4.52. The Morgan fingerprint density at radius 2 is 2.18 bits per heavy atom. The maximum atomic E-state index is 9.48. The molecule has 0 amide bonds. The minimum absolute atomic E-state index is 0.266. The number of nitriles is 1. The zero-order valence-corrected chi connectivity index (χ0v) is 12.4. The minimum atomic E-state index is -0.266. The van der Waals surface area contributed by atoms with Gasteiger partial charge >= 0.3 is 0 Å². The highest BCUT2D eigenvalue weighted by atomic mass is 32.2. The molecule has 17 heavy (non-hydrogen) atoms. The summed E-state index contributed by atoms with van der Waals surface area (Å²) in [5, 5.41) is 14.3. The lowest BCUT2D eigenvalue weighted by Gasteiger charge is -2.38. The van der Waals surface area contributed by atoms with Crippen LogP contribution in [0.25, 0.3) is 0 Å². The molecule has 1 aliphatic carbocycles. The zero-order chi connectivity index (χ0) is 12.9. The molecule has 0 aromatic carbocycles. The van der Waals surface area contributed by atoms with Crippen LogP contribution in [-0.2, 0) is 0 Å². The van der Waals surface area contributed by atoms with Gasteiger partial charge in [0.05, 0.1) is 6.07 Å². The topological polar surface area (TPSA) is 35.8 Å². The second-order valence-corrected chi connectivity index (χ2v) is 7.31. The van der Waals surface area contributed by atoms with Crippen molar-refractivity contribution >= 4 is 11.8 Å². The van der Waals surface area contributed by atoms with Crippen molar-refractivity contribution in [2.45, 2.75) is 81.9 Å². The smallest absolute Gasteiger partial charge is 0.108 e. The van der Waals surface area contributed by atoms with Gasteiger partial charge in [0, 0.05) is 16.5 Å². The molecule has 0 heterocycles. The maximum Gasteiger partial charge on any atom is 0.108 e. The van der Waals surface area contributed by atoms with Crippen molar-refractivity contribution < 1.29 is 0 Å². The fourth-order valence-electron chi connectivity index (χ4n) is 2.58. The molecule has 2 nitrogen and oxygen atoms in total. The Morgan fingerprint density at radius 1 is 1.47 bits per heavy atom. The fraction of sp³-hybridized carbons (Fsp3) is 0.929. The standard InChI is InChI=1S/C14H26N2S/c1-5-12(4)17-13-7-6-8-14(9-13,10-15)16-11(2)3/h11-13,16H,5-9H2,1-4H3. The molecule has 98 valence electrons. The molecule has 3 heteroatoms. The Labute approximate surface area is 111 Å². The number of hydrogen-bond acceptors (Lipinski definition) is 3. The van der Waals surface area contributed by atoms with E-state index in [9.17, 15) is 5.26 Å². The van der Waals surface area contributed by atoms with E-state index in [0.717, 1.165) is 12.8 Å². The molecule has 0 radical (unpaired) electrons. The first-order chi connectivity index (χ1) is 8.01. The summed E-state index contributed by atoms with van der Waals surface area (Å²) in [5.41, 5.74) is -0.266. The van der Waals surface area contributed by atoms with E-state index in [1.54, 1.807) is 0 Å². The van der Waals surface area contributed by atoms with E-state index in [0.29, 0.717) is 16.5 Å². The van der Waals surface area contributed by atoms with Gasteiger partial charge < -0.3 is 0 Å². The first-order valence-corrected chi connectivity index (χ1v) is 7.80. The SMILES string of the molecule is CCC(C)SC1CCCC(C#N)(NC(C)C)C1. The molecule has 1 rings (SSSR count). The molecule has 0 spiro atoms. The van der Waals surface area contributed by atoms with Crippen LogP contribution in [0.5, 0.6) is 0 Å². The van der Waals surface area contributed by atoms with Gasteiger partial charge in [-0.15, -0.1) is 0 Å². The average molecular weight is 254 g/mol. The first-order valence-electron chi connectivity index (χ1n) is 6.85. The molecule has 1 fully saturated rings. The van der Waals surface area contributed by atoms with Crippen LogP contribution in [0.4, 0.5) is 0 Å². The molecule has 3 unspecified atom stereocenters. The van der Waals surface area contributed by atoms with E-state index in [4.69, 9.17) is 0 Å². The number of rotatable bonds is 5. The quantitative estimate of drug-likeness (QED) is 0.812. The van der Waals surface area contributed by atoms with Gasteiger partial charge in [0.2, 0.25) is 0 Å². The highest BCUT2D eigenvalue weighted by Gasteiger charge is 2.37. The maximum absolute atomic E-state index is 9.48. The number of nitrogens with one attached hydrogen (secondary N) is 1. The van der Waals surface area contributed by atoms with Crippen molar-refractivity contribution in [2.24, 2.45) is 0 Å². The number of thioether (sulfide) groups is 1. The Hall–Kier alpha value is -0.200. The zero-order valence-electron chi connectivity index (χ0n) is 11.6. The predicted octanol–water partition coefficient (Wildman–Crippen LogP) is 3.72. The summed E-state index contributed by atoms with van der Waals surface area (Å²) < 4.78 is 0. The average Bonchev–Trinajstić information content (AvgIpc) is 2.28. The van der Waals surface area contributed by atoms with E-state index < -0.39 is 0 Å². The van der Waals surface area contributed by atoms with Gasteiger partial charge in [-0.1, -0.05) is 13.8 Å². The molecule has 0 saturated heterocycles. The van der Waals surface area contributed by atoms with E-state index in [-0.39, 0.29) is 5.54 Å². The molecular formula is C14H26N2S. The Balaban J connectivity index is 2.60. The van der Waals surface area contributed by atoms with Crippen molar-refractivity contribution in [2.75, 3.05) is 0 Å². The van der Waals surface area contributed by atoms with E-state index in [1.807, 2.05) is 0 Å². The van der Waals surface area contributed by atoms with Crippen LogP contribution in [0.2, 0.25) is 0 Å². The van der Waals surface area contributed by atoms with Crippen LogP contribution >= 0.6 is 11.8 Å². The van der Waals surface area contributed by atoms with Gasteiger partial charge in [-0.05, 0) is 46.0 Å². The summed E-state index contributed by atoms with van der Waals surface area (Å²) in [7, 11) is 0. The van der Waals surface area contributed by atoms with E-state index in [2.05, 4.69) is 50.8 Å². The van der Waals surface area contributed by atoms with Crippen molar-refractivity contribution in [1.29, 1.82) is 5.26 Å². The summed E-state index contributed by atoms with van der Waals surface area (Å²) in [5.74, 6) is 0. The molecule has 3 atom stereocenters. The van der Waals surface area contributed by atoms with Gasteiger partial charge in [0.15, 0.2) is 0 Å². The van der Waals surface area contributed by atoms with Gasteiger partial charge in [0.1, 0.15) is 5.54 Å². The summed E-state index contributed by atoms with van der Waals surface area (Å²) in [6.07, 6.45) is 5.70. The van der Waals surface area contributed by atoms with Crippen molar-refractivity contribution in [3.8, 4) is 6.07 Å². The number of hydrogen-bond donors (Lipinski definition) is 1.